The van der Waals surface area contributed by atoms with Gasteiger partial charge in [0, 0.05) is 6.92 Å². The van der Waals surface area contributed by atoms with Crippen molar-refractivity contribution in [3.05, 3.63) is 71.6 Å². The summed E-state index contributed by atoms with van der Waals surface area (Å²) in [6.45, 7) is 5.10. The highest BCUT2D eigenvalue weighted by Gasteiger charge is 2.31. The monoisotopic (exact) mass is 387 g/mol. The van der Waals surface area contributed by atoms with Gasteiger partial charge in [0.1, 0.15) is 18.1 Å². The first-order valence-corrected chi connectivity index (χ1v) is 9.91. The van der Waals surface area contributed by atoms with E-state index in [0.29, 0.717) is 11.4 Å². The van der Waals surface area contributed by atoms with Crippen LogP contribution in [-0.4, -0.2) is 25.2 Å². The average molecular weight is 387 g/mol. The Balaban J connectivity index is 1.84. The molecule has 0 N–H and O–H groups in total. The topological polar surface area (TPSA) is 72.9 Å². The summed E-state index contributed by atoms with van der Waals surface area (Å²) in [6, 6.07) is 13.6. The Labute approximate surface area is 159 Å². The highest BCUT2D eigenvalue weighted by atomic mass is 32.2. The molecule has 0 aliphatic carbocycles. The molecule has 0 saturated heterocycles. The number of nitrogens with zero attached hydrogens (tertiary/aromatic N) is 1. The Morgan fingerprint density at radius 2 is 1.70 bits per heavy atom. The summed E-state index contributed by atoms with van der Waals surface area (Å²) in [5, 5.41) is 0. The van der Waals surface area contributed by atoms with Gasteiger partial charge in [-0.1, -0.05) is 29.8 Å². The standard InChI is InChI=1S/C20H21NO5S/c1-14-4-10-19(11-5-14)27(23,24)21-12-20(25-13-15(21)2)17-6-8-18(9-7-17)26-16(3)22/h4-11,13,20H,12H2,1-3H3. The third-order valence-electron chi connectivity index (χ3n) is 4.25. The zero-order chi connectivity index (χ0) is 19.6. The highest BCUT2D eigenvalue weighted by molar-refractivity contribution is 7.89. The van der Waals surface area contributed by atoms with Crippen LogP contribution in [0.25, 0.3) is 0 Å². The molecule has 1 heterocycles. The number of allylic oxidation sites excluding steroid dienone is 1. The molecule has 0 radical (unpaired) electrons. The van der Waals surface area contributed by atoms with E-state index in [1.54, 1.807) is 55.5 Å². The van der Waals surface area contributed by atoms with Gasteiger partial charge in [0.05, 0.1) is 17.1 Å². The fourth-order valence-electron chi connectivity index (χ4n) is 2.80. The molecule has 0 spiro atoms. The highest BCUT2D eigenvalue weighted by Crippen LogP contribution is 2.31. The van der Waals surface area contributed by atoms with E-state index in [1.165, 1.54) is 17.5 Å². The molecule has 0 bridgehead atoms. The zero-order valence-corrected chi connectivity index (χ0v) is 16.2. The molecule has 0 amide bonds. The van der Waals surface area contributed by atoms with Gasteiger partial charge in [0.25, 0.3) is 10.0 Å². The van der Waals surface area contributed by atoms with Gasteiger partial charge in [-0.15, -0.1) is 0 Å². The van der Waals surface area contributed by atoms with Crippen LogP contribution in [0.4, 0.5) is 0 Å². The van der Waals surface area contributed by atoms with Crippen molar-refractivity contribution in [2.24, 2.45) is 0 Å². The van der Waals surface area contributed by atoms with Gasteiger partial charge in [-0.3, -0.25) is 9.10 Å². The van der Waals surface area contributed by atoms with E-state index in [9.17, 15) is 13.2 Å². The number of carbonyl (C=O) groups is 1. The summed E-state index contributed by atoms with van der Waals surface area (Å²) in [7, 11) is -3.68. The Bertz CT molecular complexity index is 962. The Morgan fingerprint density at radius 3 is 2.30 bits per heavy atom. The van der Waals surface area contributed by atoms with Gasteiger partial charge in [-0.25, -0.2) is 8.42 Å². The Morgan fingerprint density at radius 1 is 1.07 bits per heavy atom. The molecule has 3 rings (SSSR count). The number of ether oxygens (including phenoxy) is 2. The molecule has 6 nitrogen and oxygen atoms in total. The van der Waals surface area contributed by atoms with Crippen LogP contribution in [0.5, 0.6) is 5.75 Å². The molecule has 27 heavy (non-hydrogen) atoms. The fraction of sp³-hybridized carbons (Fsp3) is 0.250. The van der Waals surface area contributed by atoms with E-state index >= 15 is 0 Å². The predicted molar refractivity (Wildman–Crippen MR) is 100 cm³/mol. The quantitative estimate of drug-likeness (QED) is 0.593. The second-order valence-electron chi connectivity index (χ2n) is 6.40. The maximum atomic E-state index is 13.0. The number of esters is 1. The molecular weight excluding hydrogens is 366 g/mol. The Kier molecular flexibility index (Phi) is 5.23. The van der Waals surface area contributed by atoms with Crippen molar-refractivity contribution >= 4 is 16.0 Å². The van der Waals surface area contributed by atoms with Crippen LogP contribution in [0.1, 0.15) is 31.1 Å². The Hall–Kier alpha value is -2.80. The SMILES string of the molecule is CC(=O)Oc1ccc(C2CN(S(=O)(=O)c3ccc(C)cc3)C(C)=CO2)cc1. The lowest BCUT2D eigenvalue weighted by atomic mass is 10.1. The van der Waals surface area contributed by atoms with Crippen LogP contribution in [0.3, 0.4) is 0 Å². The van der Waals surface area contributed by atoms with Crippen molar-refractivity contribution in [2.75, 3.05) is 6.54 Å². The van der Waals surface area contributed by atoms with E-state index < -0.39 is 22.1 Å². The third kappa shape index (κ3) is 4.14. The van der Waals surface area contributed by atoms with Gasteiger partial charge in [-0.05, 0) is 43.7 Å². The lowest BCUT2D eigenvalue weighted by molar-refractivity contribution is -0.131. The van der Waals surface area contributed by atoms with Crippen LogP contribution in [-0.2, 0) is 19.6 Å². The van der Waals surface area contributed by atoms with Crippen molar-refractivity contribution in [3.8, 4) is 5.75 Å². The van der Waals surface area contributed by atoms with E-state index in [4.69, 9.17) is 9.47 Å². The van der Waals surface area contributed by atoms with Gasteiger partial charge in [-0.2, -0.15) is 0 Å². The number of hydrogen-bond donors (Lipinski definition) is 0. The molecule has 1 unspecified atom stereocenters. The molecule has 0 aromatic heterocycles. The number of sulfonamides is 1. The second-order valence-corrected chi connectivity index (χ2v) is 8.26. The molecule has 1 aliphatic rings. The molecular formula is C20H21NO5S. The lowest BCUT2D eigenvalue weighted by Gasteiger charge is -2.33. The minimum Gasteiger partial charge on any atom is -0.490 e. The van der Waals surface area contributed by atoms with Gasteiger partial charge in [0.15, 0.2) is 0 Å². The average Bonchev–Trinajstić information content (AvgIpc) is 2.62. The fourth-order valence-corrected chi connectivity index (χ4v) is 4.29. The van der Waals surface area contributed by atoms with Crippen molar-refractivity contribution in [2.45, 2.75) is 31.8 Å². The zero-order valence-electron chi connectivity index (χ0n) is 15.4. The first kappa shape index (κ1) is 19.0. The predicted octanol–water partition coefficient (Wildman–Crippen LogP) is 3.54. The molecule has 2 aromatic rings. The van der Waals surface area contributed by atoms with Crippen LogP contribution in [0.15, 0.2) is 65.4 Å². The summed E-state index contributed by atoms with van der Waals surface area (Å²) in [5.74, 6) is 0.0310. The number of hydrogen-bond acceptors (Lipinski definition) is 5. The minimum atomic E-state index is -3.68. The molecule has 2 aromatic carbocycles. The number of carbonyl (C=O) groups excluding carboxylic acids is 1. The van der Waals surface area contributed by atoms with Crippen LogP contribution >= 0.6 is 0 Å². The summed E-state index contributed by atoms with van der Waals surface area (Å²) in [6.07, 6.45) is 1.00. The van der Waals surface area contributed by atoms with Crippen molar-refractivity contribution in [3.63, 3.8) is 0 Å². The molecule has 142 valence electrons. The van der Waals surface area contributed by atoms with Crippen LogP contribution < -0.4 is 4.74 Å². The van der Waals surface area contributed by atoms with E-state index in [2.05, 4.69) is 0 Å². The maximum Gasteiger partial charge on any atom is 0.308 e. The number of benzene rings is 2. The molecule has 0 fully saturated rings. The third-order valence-corrected chi connectivity index (χ3v) is 6.14. The van der Waals surface area contributed by atoms with Gasteiger partial charge in [0.2, 0.25) is 0 Å². The summed E-state index contributed by atoms with van der Waals surface area (Å²) in [4.78, 5) is 11.3. The van der Waals surface area contributed by atoms with E-state index in [0.717, 1.165) is 11.1 Å². The molecule has 0 saturated carbocycles. The second kappa shape index (κ2) is 7.44. The molecule has 7 heteroatoms. The van der Waals surface area contributed by atoms with Crippen molar-refractivity contribution in [1.29, 1.82) is 0 Å². The van der Waals surface area contributed by atoms with Gasteiger partial charge >= 0.3 is 5.97 Å². The van der Waals surface area contributed by atoms with Gasteiger partial charge < -0.3 is 9.47 Å². The number of rotatable bonds is 4. The summed E-state index contributed by atoms with van der Waals surface area (Å²) < 4.78 is 38.1. The van der Waals surface area contributed by atoms with E-state index in [1.807, 2.05) is 6.92 Å². The first-order valence-electron chi connectivity index (χ1n) is 8.47. The van der Waals surface area contributed by atoms with Crippen molar-refractivity contribution < 1.29 is 22.7 Å². The maximum absolute atomic E-state index is 13.0. The smallest absolute Gasteiger partial charge is 0.308 e. The van der Waals surface area contributed by atoms with Crippen molar-refractivity contribution in [1.82, 2.24) is 4.31 Å². The van der Waals surface area contributed by atoms with E-state index in [-0.39, 0.29) is 11.4 Å². The normalized spacial score (nSPS) is 17.1. The summed E-state index contributed by atoms with van der Waals surface area (Å²) >= 11 is 0. The summed E-state index contributed by atoms with van der Waals surface area (Å²) in [5.41, 5.74) is 2.30. The largest absolute Gasteiger partial charge is 0.490 e. The first-order chi connectivity index (χ1) is 12.8. The minimum absolute atomic E-state index is 0.158. The van der Waals surface area contributed by atoms with Crippen LogP contribution in [0.2, 0.25) is 0 Å². The van der Waals surface area contributed by atoms with Crippen LogP contribution in [0, 0.1) is 6.92 Å². The lowest BCUT2D eigenvalue weighted by Crippen LogP contribution is -2.36. The molecule has 1 aliphatic heterocycles. The molecule has 1 atom stereocenters. The number of aryl methyl sites for hydroxylation is 1.